The van der Waals surface area contributed by atoms with Crippen molar-refractivity contribution < 1.29 is 28.6 Å². The van der Waals surface area contributed by atoms with Gasteiger partial charge in [0.15, 0.2) is 6.10 Å². The van der Waals surface area contributed by atoms with E-state index < -0.39 is 6.10 Å². The number of carbonyl (C=O) groups excluding carboxylic acids is 3. The molecular formula is C57H110O6. The van der Waals surface area contributed by atoms with Crippen LogP contribution in [0.25, 0.3) is 0 Å². The lowest BCUT2D eigenvalue weighted by molar-refractivity contribution is -0.167. The third kappa shape index (κ3) is 49.7. The molecule has 1 unspecified atom stereocenters. The van der Waals surface area contributed by atoms with Crippen LogP contribution < -0.4 is 0 Å². The van der Waals surface area contributed by atoms with E-state index in [0.29, 0.717) is 19.3 Å². The number of esters is 3. The lowest BCUT2D eigenvalue weighted by atomic mass is 9.99. The molecule has 6 heteroatoms. The first-order chi connectivity index (χ1) is 30.8. The summed E-state index contributed by atoms with van der Waals surface area (Å²) in [6.45, 7) is 11.4. The first-order valence-electron chi connectivity index (χ1n) is 28.3. The Morgan fingerprint density at radius 1 is 0.333 bits per heavy atom. The van der Waals surface area contributed by atoms with Crippen LogP contribution in [-0.4, -0.2) is 37.2 Å². The third-order valence-corrected chi connectivity index (χ3v) is 13.3. The quantitative estimate of drug-likeness (QED) is 0.0344. The summed E-state index contributed by atoms with van der Waals surface area (Å²) in [7, 11) is 0. The molecule has 0 rings (SSSR count). The van der Waals surface area contributed by atoms with Gasteiger partial charge in [-0.2, -0.15) is 0 Å². The van der Waals surface area contributed by atoms with Gasteiger partial charge in [0.25, 0.3) is 0 Å². The van der Waals surface area contributed by atoms with Gasteiger partial charge in [0.1, 0.15) is 13.2 Å². The third-order valence-electron chi connectivity index (χ3n) is 13.3. The summed E-state index contributed by atoms with van der Waals surface area (Å²) in [6, 6.07) is 0. The van der Waals surface area contributed by atoms with Crippen LogP contribution in [0, 0.1) is 11.8 Å². The van der Waals surface area contributed by atoms with Crippen LogP contribution in [0.4, 0.5) is 0 Å². The largest absolute Gasteiger partial charge is 0.462 e. The number of unbranched alkanes of at least 4 members (excludes halogenated alkanes) is 35. The van der Waals surface area contributed by atoms with Crippen LogP contribution in [0.15, 0.2) is 0 Å². The number of ether oxygens (including phenoxy) is 3. The Labute approximate surface area is 393 Å². The fourth-order valence-electron chi connectivity index (χ4n) is 8.66. The standard InChI is InChI=1S/C57H110O6/c1-6-8-9-10-11-12-13-23-27-34-39-44-49-57(60)63-54(51-62-56(59)48-43-38-33-29-28-30-35-40-45-52(3)4)50-61-55(58)47-42-37-32-26-24-21-19-17-15-14-16-18-20-22-25-31-36-41-46-53(5)7-2/h52-54H,6-51H2,1-5H3/t53?,54-/m0/s1. The van der Waals surface area contributed by atoms with E-state index in [1.165, 1.54) is 205 Å². The second kappa shape index (κ2) is 49.8. The molecule has 2 atom stereocenters. The van der Waals surface area contributed by atoms with Gasteiger partial charge in [-0.15, -0.1) is 0 Å². The molecule has 0 amide bonds. The van der Waals surface area contributed by atoms with Crippen LogP contribution in [0.5, 0.6) is 0 Å². The van der Waals surface area contributed by atoms with Crippen molar-refractivity contribution in [2.24, 2.45) is 11.8 Å². The molecule has 0 saturated heterocycles. The van der Waals surface area contributed by atoms with Gasteiger partial charge in [-0.3, -0.25) is 14.4 Å². The van der Waals surface area contributed by atoms with Gasteiger partial charge in [0.05, 0.1) is 0 Å². The molecular weight excluding hydrogens is 781 g/mol. The van der Waals surface area contributed by atoms with Crippen molar-refractivity contribution >= 4 is 17.9 Å². The van der Waals surface area contributed by atoms with Crippen molar-refractivity contribution in [3.8, 4) is 0 Å². The molecule has 0 saturated carbocycles. The number of hydrogen-bond acceptors (Lipinski definition) is 6. The first-order valence-corrected chi connectivity index (χ1v) is 28.3. The highest BCUT2D eigenvalue weighted by molar-refractivity contribution is 5.71. The van der Waals surface area contributed by atoms with E-state index in [9.17, 15) is 14.4 Å². The highest BCUT2D eigenvalue weighted by Gasteiger charge is 2.19. The van der Waals surface area contributed by atoms with E-state index in [0.717, 1.165) is 69.6 Å². The van der Waals surface area contributed by atoms with Gasteiger partial charge in [0, 0.05) is 19.3 Å². The number of hydrogen-bond donors (Lipinski definition) is 0. The Bertz CT molecular complexity index is 964. The summed E-state index contributed by atoms with van der Waals surface area (Å²) in [5.41, 5.74) is 0. The Hall–Kier alpha value is -1.59. The zero-order valence-electron chi connectivity index (χ0n) is 43.2. The Kier molecular flexibility index (Phi) is 48.6. The maximum atomic E-state index is 12.8. The van der Waals surface area contributed by atoms with E-state index >= 15 is 0 Å². The highest BCUT2D eigenvalue weighted by atomic mass is 16.6. The highest BCUT2D eigenvalue weighted by Crippen LogP contribution is 2.18. The van der Waals surface area contributed by atoms with Crippen molar-refractivity contribution in [2.75, 3.05) is 13.2 Å². The summed E-state index contributed by atoms with van der Waals surface area (Å²) in [6.07, 6.45) is 52.4. The van der Waals surface area contributed by atoms with Crippen LogP contribution in [0.3, 0.4) is 0 Å². The fourth-order valence-corrected chi connectivity index (χ4v) is 8.66. The van der Waals surface area contributed by atoms with Gasteiger partial charge >= 0.3 is 17.9 Å². The van der Waals surface area contributed by atoms with E-state index in [-0.39, 0.29) is 31.1 Å². The molecule has 0 aromatic carbocycles. The van der Waals surface area contributed by atoms with Gasteiger partial charge in [0.2, 0.25) is 0 Å². The lowest BCUT2D eigenvalue weighted by Gasteiger charge is -2.18. The van der Waals surface area contributed by atoms with Crippen molar-refractivity contribution in [1.82, 2.24) is 0 Å². The second-order valence-electron chi connectivity index (χ2n) is 20.3. The molecule has 0 aliphatic rings. The minimum Gasteiger partial charge on any atom is -0.462 e. The van der Waals surface area contributed by atoms with E-state index in [2.05, 4.69) is 34.6 Å². The molecule has 0 bridgehead atoms. The zero-order chi connectivity index (χ0) is 46.1. The first kappa shape index (κ1) is 61.4. The molecule has 0 aliphatic heterocycles. The Morgan fingerprint density at radius 3 is 0.905 bits per heavy atom. The summed E-state index contributed by atoms with van der Waals surface area (Å²) in [5.74, 6) is 0.862. The molecule has 0 heterocycles. The predicted octanol–water partition coefficient (Wildman–Crippen LogP) is 18.5. The maximum absolute atomic E-state index is 12.8. The topological polar surface area (TPSA) is 78.9 Å². The normalized spacial score (nSPS) is 12.5. The number of rotatable bonds is 51. The van der Waals surface area contributed by atoms with E-state index in [1.54, 1.807) is 0 Å². The van der Waals surface area contributed by atoms with Crippen LogP contribution in [0.2, 0.25) is 0 Å². The lowest BCUT2D eigenvalue weighted by Crippen LogP contribution is -2.30. The van der Waals surface area contributed by atoms with Gasteiger partial charge < -0.3 is 14.2 Å². The van der Waals surface area contributed by atoms with Crippen LogP contribution in [0.1, 0.15) is 317 Å². The molecule has 0 aromatic heterocycles. The zero-order valence-corrected chi connectivity index (χ0v) is 43.2. The predicted molar refractivity (Wildman–Crippen MR) is 270 cm³/mol. The molecule has 0 aliphatic carbocycles. The Morgan fingerprint density at radius 2 is 0.603 bits per heavy atom. The SMILES string of the molecule is CCCCCCCCCCCCCCC(=O)O[C@@H](COC(=O)CCCCCCCCCCCCCCCCCCCCC(C)CC)COC(=O)CCCCCCCCCCC(C)C. The van der Waals surface area contributed by atoms with Crippen LogP contribution >= 0.6 is 0 Å². The summed E-state index contributed by atoms with van der Waals surface area (Å²) >= 11 is 0. The van der Waals surface area contributed by atoms with Crippen LogP contribution in [-0.2, 0) is 28.6 Å². The summed E-state index contributed by atoms with van der Waals surface area (Å²) in [4.78, 5) is 38.0. The van der Waals surface area contributed by atoms with Gasteiger partial charge in [-0.05, 0) is 31.1 Å². The molecule has 6 nitrogen and oxygen atoms in total. The van der Waals surface area contributed by atoms with Gasteiger partial charge in [-0.1, -0.05) is 279 Å². The average molecular weight is 892 g/mol. The van der Waals surface area contributed by atoms with E-state index in [4.69, 9.17) is 14.2 Å². The van der Waals surface area contributed by atoms with Crippen molar-refractivity contribution in [3.05, 3.63) is 0 Å². The fraction of sp³-hybridized carbons (Fsp3) is 0.947. The smallest absolute Gasteiger partial charge is 0.306 e. The molecule has 0 N–H and O–H groups in total. The van der Waals surface area contributed by atoms with Crippen molar-refractivity contribution in [3.63, 3.8) is 0 Å². The molecule has 0 fully saturated rings. The molecule has 0 spiro atoms. The minimum absolute atomic E-state index is 0.0633. The Balaban J connectivity index is 4.19. The second-order valence-corrected chi connectivity index (χ2v) is 20.3. The van der Waals surface area contributed by atoms with Crippen molar-refractivity contribution in [2.45, 2.75) is 323 Å². The molecule has 374 valence electrons. The minimum atomic E-state index is -0.762. The van der Waals surface area contributed by atoms with Gasteiger partial charge in [-0.25, -0.2) is 0 Å². The maximum Gasteiger partial charge on any atom is 0.306 e. The summed E-state index contributed by atoms with van der Waals surface area (Å²) < 4.78 is 16.8. The summed E-state index contributed by atoms with van der Waals surface area (Å²) in [5, 5.41) is 0. The molecule has 0 radical (unpaired) electrons. The molecule has 63 heavy (non-hydrogen) atoms. The number of carbonyl (C=O) groups is 3. The van der Waals surface area contributed by atoms with Crippen molar-refractivity contribution in [1.29, 1.82) is 0 Å². The molecule has 0 aromatic rings. The average Bonchev–Trinajstić information content (AvgIpc) is 3.27. The van der Waals surface area contributed by atoms with E-state index in [1.807, 2.05) is 0 Å². The monoisotopic (exact) mass is 891 g/mol.